The zero-order valence-electron chi connectivity index (χ0n) is 21.7. The first-order chi connectivity index (χ1) is 19.0. The van der Waals surface area contributed by atoms with Gasteiger partial charge in [0.1, 0.15) is 29.1 Å². The van der Waals surface area contributed by atoms with Gasteiger partial charge in [0.2, 0.25) is 11.8 Å². The highest BCUT2D eigenvalue weighted by atomic mass is 35.5. The summed E-state index contributed by atoms with van der Waals surface area (Å²) in [7, 11) is -2.51. The molecular formula is C27H28Cl2N4O6S. The van der Waals surface area contributed by atoms with Crippen LogP contribution in [0.1, 0.15) is 37.7 Å². The number of methoxy groups -OCH3 is 1. The number of halogens is 2. The summed E-state index contributed by atoms with van der Waals surface area (Å²) in [6.45, 7) is 0.433. The van der Waals surface area contributed by atoms with E-state index in [1.807, 2.05) is 0 Å². The molecular weight excluding hydrogens is 579 g/mol. The number of pyridine rings is 1. The first-order valence-electron chi connectivity index (χ1n) is 12.9. The second-order valence-corrected chi connectivity index (χ2v) is 13.4. The quantitative estimate of drug-likeness (QED) is 0.321. The van der Waals surface area contributed by atoms with Gasteiger partial charge in [0, 0.05) is 25.9 Å². The standard InChI is InChI=1S/C27H28Cl2N4O6S/c1-38-10-11-39-18-3-4-22(20(28)12-18)40(36,37)19-13-21(24(34)32-26(16-30)6-7-26)33(15-19)25(35)27(8-9-27)17-2-5-23(29)31-14-17/h2-5,12,14,19,21H,6-11,13,15H2,1H3,(H,32,34)/t19?,21-/m1/s1. The van der Waals surface area contributed by atoms with Gasteiger partial charge >= 0.3 is 0 Å². The lowest BCUT2D eigenvalue weighted by molar-refractivity contribution is -0.140. The summed E-state index contributed by atoms with van der Waals surface area (Å²) in [5, 5.41) is 11.4. The Morgan fingerprint density at radius 3 is 2.50 bits per heavy atom. The van der Waals surface area contributed by atoms with Crippen LogP contribution < -0.4 is 10.1 Å². The van der Waals surface area contributed by atoms with Gasteiger partial charge in [-0.1, -0.05) is 29.3 Å². The number of nitrogens with one attached hydrogen (secondary N) is 1. The van der Waals surface area contributed by atoms with Crippen LogP contribution in [0.3, 0.4) is 0 Å². The third-order valence-corrected chi connectivity index (χ3v) is 10.6. The Labute approximate surface area is 242 Å². The largest absolute Gasteiger partial charge is 0.491 e. The van der Waals surface area contributed by atoms with Crippen LogP contribution in [0.5, 0.6) is 5.75 Å². The summed E-state index contributed by atoms with van der Waals surface area (Å²) < 4.78 is 38.1. The van der Waals surface area contributed by atoms with E-state index in [9.17, 15) is 23.3 Å². The lowest BCUT2D eigenvalue weighted by Crippen LogP contribution is -2.51. The Bertz CT molecular complexity index is 1470. The van der Waals surface area contributed by atoms with Gasteiger partial charge < -0.3 is 19.7 Å². The number of carbonyl (C=O) groups excluding carboxylic acids is 2. The normalized spacial score (nSPS) is 22.3. The number of rotatable bonds is 10. The average molecular weight is 608 g/mol. The summed E-state index contributed by atoms with van der Waals surface area (Å²) in [5.41, 5.74) is -1.21. The highest BCUT2D eigenvalue weighted by Crippen LogP contribution is 2.51. The number of nitrogens with zero attached hydrogens (tertiary/aromatic N) is 3. The molecule has 0 bridgehead atoms. The van der Waals surface area contributed by atoms with Crippen molar-refractivity contribution >= 4 is 44.9 Å². The van der Waals surface area contributed by atoms with Crippen LogP contribution >= 0.6 is 23.2 Å². The lowest BCUT2D eigenvalue weighted by atomic mass is 9.95. The molecule has 1 aromatic heterocycles. The van der Waals surface area contributed by atoms with Crippen LogP contribution in [-0.4, -0.2) is 73.8 Å². The van der Waals surface area contributed by atoms with Crippen LogP contribution in [0.25, 0.3) is 0 Å². The molecule has 3 fully saturated rings. The molecule has 1 aromatic carbocycles. The second kappa shape index (κ2) is 10.8. The Hall–Kier alpha value is -2.91. The molecule has 40 heavy (non-hydrogen) atoms. The van der Waals surface area contributed by atoms with Gasteiger partial charge in [0.25, 0.3) is 0 Å². The molecule has 2 aliphatic carbocycles. The van der Waals surface area contributed by atoms with Crippen molar-refractivity contribution in [2.24, 2.45) is 0 Å². The van der Waals surface area contributed by atoms with Crippen molar-refractivity contribution in [3.8, 4) is 11.8 Å². The maximum Gasteiger partial charge on any atom is 0.244 e. The van der Waals surface area contributed by atoms with Gasteiger partial charge in [-0.05, 0) is 55.9 Å². The Kier molecular flexibility index (Phi) is 7.74. The molecule has 3 aliphatic rings. The molecule has 1 saturated heterocycles. The molecule has 2 atom stereocenters. The van der Waals surface area contributed by atoms with Crippen LogP contribution in [-0.2, 0) is 29.6 Å². The number of amides is 2. The first kappa shape index (κ1) is 28.6. The van der Waals surface area contributed by atoms with E-state index in [4.69, 9.17) is 32.7 Å². The number of carbonyl (C=O) groups is 2. The molecule has 1 unspecified atom stereocenters. The molecule has 1 aliphatic heterocycles. The molecule has 2 heterocycles. The third-order valence-electron chi connectivity index (χ3n) is 7.80. The van der Waals surface area contributed by atoms with Crippen molar-refractivity contribution in [1.29, 1.82) is 5.26 Å². The van der Waals surface area contributed by atoms with Crippen molar-refractivity contribution < 1.29 is 27.5 Å². The summed E-state index contributed by atoms with van der Waals surface area (Å²) in [6, 6.07) is 8.67. The maximum absolute atomic E-state index is 14.0. The van der Waals surface area contributed by atoms with Crippen molar-refractivity contribution in [3.05, 3.63) is 52.3 Å². The molecule has 1 N–H and O–H groups in total. The van der Waals surface area contributed by atoms with Crippen molar-refractivity contribution in [2.75, 3.05) is 26.9 Å². The van der Waals surface area contributed by atoms with Gasteiger partial charge in [0.15, 0.2) is 9.84 Å². The van der Waals surface area contributed by atoms with Gasteiger partial charge in [-0.15, -0.1) is 0 Å². The van der Waals surface area contributed by atoms with Crippen molar-refractivity contribution in [3.63, 3.8) is 0 Å². The number of sulfone groups is 1. The molecule has 5 rings (SSSR count). The predicted octanol–water partition coefficient (Wildman–Crippen LogP) is 3.06. The lowest BCUT2D eigenvalue weighted by Gasteiger charge is -2.29. The second-order valence-electron chi connectivity index (χ2n) is 10.4. The summed E-state index contributed by atoms with van der Waals surface area (Å²) in [5.74, 6) is -0.493. The molecule has 2 amide bonds. The number of hydrogen-bond acceptors (Lipinski definition) is 8. The van der Waals surface area contributed by atoms with E-state index in [2.05, 4.69) is 16.4 Å². The maximum atomic E-state index is 14.0. The molecule has 10 nitrogen and oxygen atoms in total. The van der Waals surface area contributed by atoms with Crippen molar-refractivity contribution in [1.82, 2.24) is 15.2 Å². The fourth-order valence-corrected chi connectivity index (χ4v) is 7.46. The smallest absolute Gasteiger partial charge is 0.244 e. The highest BCUT2D eigenvalue weighted by molar-refractivity contribution is 7.92. The zero-order chi connectivity index (χ0) is 28.7. The molecule has 0 radical (unpaired) electrons. The monoisotopic (exact) mass is 606 g/mol. The van der Waals surface area contributed by atoms with Gasteiger partial charge in [-0.2, -0.15) is 5.26 Å². The number of benzene rings is 1. The first-order valence-corrected chi connectivity index (χ1v) is 15.2. The summed E-state index contributed by atoms with van der Waals surface area (Å²) >= 11 is 12.3. The van der Waals surface area contributed by atoms with E-state index < -0.39 is 38.0 Å². The van der Waals surface area contributed by atoms with E-state index >= 15 is 0 Å². The van der Waals surface area contributed by atoms with Crippen LogP contribution in [0.15, 0.2) is 41.4 Å². The number of aromatic nitrogens is 1. The minimum atomic E-state index is -4.05. The minimum absolute atomic E-state index is 0.0204. The molecule has 13 heteroatoms. The summed E-state index contributed by atoms with van der Waals surface area (Å²) in [6.07, 6.45) is 3.50. The number of ether oxygens (including phenoxy) is 2. The predicted molar refractivity (Wildman–Crippen MR) is 146 cm³/mol. The van der Waals surface area contributed by atoms with Gasteiger partial charge in [-0.25, -0.2) is 13.4 Å². The Morgan fingerprint density at radius 2 is 1.93 bits per heavy atom. The van der Waals surface area contributed by atoms with Crippen molar-refractivity contribution in [2.45, 2.75) is 59.2 Å². The van der Waals surface area contributed by atoms with Crippen LogP contribution in [0.2, 0.25) is 10.2 Å². The van der Waals surface area contributed by atoms with E-state index in [1.54, 1.807) is 12.1 Å². The van der Waals surface area contributed by atoms with E-state index in [1.165, 1.54) is 36.4 Å². The number of hydrogen-bond donors (Lipinski definition) is 1. The minimum Gasteiger partial charge on any atom is -0.491 e. The number of nitriles is 1. The number of likely N-dealkylation sites (tertiary alicyclic amines) is 1. The van der Waals surface area contributed by atoms with E-state index in [0.717, 1.165) is 0 Å². The molecule has 212 valence electrons. The molecule has 2 aromatic rings. The Balaban J connectivity index is 1.43. The Morgan fingerprint density at radius 1 is 1.18 bits per heavy atom. The zero-order valence-corrected chi connectivity index (χ0v) is 24.1. The summed E-state index contributed by atoms with van der Waals surface area (Å²) in [4.78, 5) is 32.8. The fourth-order valence-electron chi connectivity index (χ4n) is 5.11. The molecule has 0 spiro atoms. The van der Waals surface area contributed by atoms with Gasteiger partial charge in [0.05, 0.1) is 33.3 Å². The molecule has 2 saturated carbocycles. The van der Waals surface area contributed by atoms with Gasteiger partial charge in [-0.3, -0.25) is 9.59 Å². The van der Waals surface area contributed by atoms with E-state index in [0.29, 0.717) is 43.6 Å². The SMILES string of the molecule is COCCOc1ccc(S(=O)(=O)C2C[C@H](C(=O)NC3(C#N)CC3)N(C(=O)C3(c4ccc(Cl)nc4)CC3)C2)c(Cl)c1. The van der Waals surface area contributed by atoms with E-state index in [-0.39, 0.29) is 40.6 Å². The average Bonchev–Trinajstić information content (AvgIpc) is 3.85. The topological polar surface area (TPSA) is 139 Å². The fraction of sp³-hybridized carbons (Fsp3) is 0.481. The third kappa shape index (κ3) is 5.38. The van der Waals surface area contributed by atoms with Crippen LogP contribution in [0, 0.1) is 11.3 Å². The van der Waals surface area contributed by atoms with Crippen LogP contribution in [0.4, 0.5) is 0 Å². The highest BCUT2D eigenvalue weighted by Gasteiger charge is 2.58.